The van der Waals surface area contributed by atoms with Gasteiger partial charge in [0.05, 0.1) is 6.20 Å². The third-order valence-corrected chi connectivity index (χ3v) is 4.81. The molecule has 1 atom stereocenters. The summed E-state index contributed by atoms with van der Waals surface area (Å²) in [5, 5.41) is 7.66. The van der Waals surface area contributed by atoms with Crippen LogP contribution in [-0.2, 0) is 24.8 Å². The maximum Gasteiger partial charge on any atom is 0.244 e. The van der Waals surface area contributed by atoms with Crippen LogP contribution in [0.15, 0.2) is 34.9 Å². The van der Waals surface area contributed by atoms with E-state index < -0.39 is 0 Å². The lowest BCUT2D eigenvalue weighted by Crippen LogP contribution is -2.43. The lowest BCUT2D eigenvalue weighted by Gasteiger charge is -2.29. The Hall–Kier alpha value is -1.66. The highest BCUT2D eigenvalue weighted by molar-refractivity contribution is 9.10. The molecular formula is C17H21BrN4O. The number of halogens is 1. The van der Waals surface area contributed by atoms with Gasteiger partial charge < -0.3 is 10.2 Å². The van der Waals surface area contributed by atoms with Crippen LogP contribution in [0, 0.1) is 0 Å². The molecule has 0 saturated heterocycles. The first-order chi connectivity index (χ1) is 11.1. The summed E-state index contributed by atoms with van der Waals surface area (Å²) in [5.74, 6) is 0.112. The molecule has 0 aliphatic carbocycles. The highest BCUT2D eigenvalue weighted by Gasteiger charge is 2.31. The smallest absolute Gasteiger partial charge is 0.244 e. The zero-order valence-corrected chi connectivity index (χ0v) is 15.0. The molecule has 1 aromatic carbocycles. The number of nitrogens with one attached hydrogen (secondary N) is 1. The Morgan fingerprint density at radius 2 is 2.35 bits per heavy atom. The van der Waals surface area contributed by atoms with Crippen LogP contribution in [0.4, 0.5) is 0 Å². The van der Waals surface area contributed by atoms with Crippen molar-refractivity contribution in [1.29, 1.82) is 0 Å². The topological polar surface area (TPSA) is 50.2 Å². The second-order valence-electron chi connectivity index (χ2n) is 5.79. The first-order valence-electron chi connectivity index (χ1n) is 7.87. The van der Waals surface area contributed by atoms with Gasteiger partial charge in [0.25, 0.3) is 0 Å². The average molecular weight is 377 g/mol. The van der Waals surface area contributed by atoms with Crippen molar-refractivity contribution in [2.75, 3.05) is 13.1 Å². The van der Waals surface area contributed by atoms with Crippen LogP contribution in [0.1, 0.15) is 29.8 Å². The Morgan fingerprint density at radius 3 is 3.09 bits per heavy atom. The van der Waals surface area contributed by atoms with Crippen molar-refractivity contribution in [3.05, 3.63) is 51.8 Å². The van der Waals surface area contributed by atoms with E-state index in [1.54, 1.807) is 0 Å². The van der Waals surface area contributed by atoms with Gasteiger partial charge in [0, 0.05) is 48.8 Å². The number of aryl methyl sites for hydroxylation is 1. The van der Waals surface area contributed by atoms with E-state index in [2.05, 4.69) is 32.4 Å². The van der Waals surface area contributed by atoms with Gasteiger partial charge >= 0.3 is 0 Å². The van der Waals surface area contributed by atoms with Gasteiger partial charge in [-0.2, -0.15) is 5.10 Å². The summed E-state index contributed by atoms with van der Waals surface area (Å²) in [6, 6.07) is 7.80. The molecule has 3 rings (SSSR count). The van der Waals surface area contributed by atoms with E-state index in [1.807, 2.05) is 47.9 Å². The summed E-state index contributed by atoms with van der Waals surface area (Å²) in [6.45, 7) is 4.11. The van der Waals surface area contributed by atoms with Gasteiger partial charge in [0.2, 0.25) is 5.91 Å². The van der Waals surface area contributed by atoms with Crippen molar-refractivity contribution in [1.82, 2.24) is 20.0 Å². The minimum atomic E-state index is -0.292. The first-order valence-corrected chi connectivity index (χ1v) is 8.67. The van der Waals surface area contributed by atoms with Crippen LogP contribution >= 0.6 is 15.9 Å². The summed E-state index contributed by atoms with van der Waals surface area (Å²) in [4.78, 5) is 14.9. The van der Waals surface area contributed by atoms with Gasteiger partial charge in [-0.25, -0.2) is 0 Å². The van der Waals surface area contributed by atoms with Crippen LogP contribution in [0.25, 0.3) is 0 Å². The fourth-order valence-corrected chi connectivity index (χ4v) is 3.52. The molecule has 1 aromatic heterocycles. The molecule has 0 saturated carbocycles. The molecule has 1 amide bonds. The monoisotopic (exact) mass is 376 g/mol. The van der Waals surface area contributed by atoms with Crippen molar-refractivity contribution in [3.8, 4) is 0 Å². The predicted octanol–water partition coefficient (Wildman–Crippen LogP) is 2.42. The summed E-state index contributed by atoms with van der Waals surface area (Å²) in [6.07, 6.45) is 2.73. The minimum absolute atomic E-state index is 0.112. The maximum absolute atomic E-state index is 13.0. The average Bonchev–Trinajstić information content (AvgIpc) is 2.93. The van der Waals surface area contributed by atoms with Crippen LogP contribution < -0.4 is 5.32 Å². The van der Waals surface area contributed by atoms with Crippen LogP contribution in [0.5, 0.6) is 0 Å². The first kappa shape index (κ1) is 16.2. The molecule has 1 unspecified atom stereocenters. The number of fused-ring (bicyclic) bond motifs is 1. The molecule has 0 bridgehead atoms. The standard InChI is InChI=1S/C17H21BrN4O/c1-3-22(11-12-5-4-6-13(18)9-12)17(23)16-14-10-20-21(2)15(14)7-8-19-16/h4-6,9-10,16,19H,3,7-8,11H2,1-2H3. The van der Waals surface area contributed by atoms with Crippen molar-refractivity contribution in [2.45, 2.75) is 25.9 Å². The minimum Gasteiger partial charge on any atom is -0.337 e. The molecule has 1 aliphatic rings. The fourth-order valence-electron chi connectivity index (χ4n) is 3.08. The maximum atomic E-state index is 13.0. The molecule has 0 fully saturated rings. The number of hydrogen-bond donors (Lipinski definition) is 1. The Labute approximate surface area is 144 Å². The Morgan fingerprint density at radius 1 is 1.52 bits per heavy atom. The zero-order valence-electron chi connectivity index (χ0n) is 13.4. The number of aromatic nitrogens is 2. The quantitative estimate of drug-likeness (QED) is 0.891. The zero-order chi connectivity index (χ0) is 16.4. The molecule has 0 radical (unpaired) electrons. The number of amides is 1. The summed E-state index contributed by atoms with van der Waals surface area (Å²) < 4.78 is 2.91. The fraction of sp³-hybridized carbons (Fsp3) is 0.412. The Bertz CT molecular complexity index is 712. The van der Waals surface area contributed by atoms with E-state index in [4.69, 9.17) is 0 Å². The highest BCUT2D eigenvalue weighted by atomic mass is 79.9. The number of hydrogen-bond acceptors (Lipinski definition) is 3. The number of rotatable bonds is 4. The summed E-state index contributed by atoms with van der Waals surface area (Å²) >= 11 is 3.48. The number of benzene rings is 1. The van der Waals surface area contributed by atoms with Gasteiger partial charge in [-0.1, -0.05) is 28.1 Å². The predicted molar refractivity (Wildman–Crippen MR) is 92.9 cm³/mol. The van der Waals surface area contributed by atoms with Crippen molar-refractivity contribution in [3.63, 3.8) is 0 Å². The largest absolute Gasteiger partial charge is 0.337 e. The molecule has 5 nitrogen and oxygen atoms in total. The Balaban J connectivity index is 1.81. The molecule has 122 valence electrons. The van der Waals surface area contributed by atoms with E-state index in [1.165, 1.54) is 0 Å². The second-order valence-corrected chi connectivity index (χ2v) is 6.71. The molecule has 0 spiro atoms. The number of likely N-dealkylation sites (N-methyl/N-ethyl adjacent to an activating group) is 1. The van der Waals surface area contributed by atoms with Crippen LogP contribution in [-0.4, -0.2) is 33.7 Å². The molecule has 1 N–H and O–H groups in total. The number of carbonyl (C=O) groups is 1. The normalized spacial score (nSPS) is 16.9. The Kier molecular flexibility index (Phi) is 4.82. The van der Waals surface area contributed by atoms with Gasteiger partial charge in [0.1, 0.15) is 6.04 Å². The van der Waals surface area contributed by atoms with Gasteiger partial charge in [-0.05, 0) is 24.6 Å². The molecule has 1 aliphatic heterocycles. The molecule has 6 heteroatoms. The second kappa shape index (κ2) is 6.84. The van der Waals surface area contributed by atoms with Crippen LogP contribution in [0.2, 0.25) is 0 Å². The van der Waals surface area contributed by atoms with Crippen molar-refractivity contribution < 1.29 is 4.79 Å². The summed E-state index contributed by atoms with van der Waals surface area (Å²) in [7, 11) is 1.94. The van der Waals surface area contributed by atoms with Crippen molar-refractivity contribution in [2.24, 2.45) is 7.05 Å². The molecule has 2 heterocycles. The van der Waals surface area contributed by atoms with E-state index in [0.717, 1.165) is 34.3 Å². The van der Waals surface area contributed by atoms with Gasteiger partial charge in [-0.3, -0.25) is 9.48 Å². The molecule has 23 heavy (non-hydrogen) atoms. The van der Waals surface area contributed by atoms with E-state index in [9.17, 15) is 4.79 Å². The third-order valence-electron chi connectivity index (χ3n) is 4.32. The van der Waals surface area contributed by atoms with E-state index in [-0.39, 0.29) is 11.9 Å². The highest BCUT2D eigenvalue weighted by Crippen LogP contribution is 2.25. The molecule has 2 aromatic rings. The number of nitrogens with zero attached hydrogens (tertiary/aromatic N) is 3. The third kappa shape index (κ3) is 3.33. The number of carbonyl (C=O) groups excluding carboxylic acids is 1. The van der Waals surface area contributed by atoms with E-state index >= 15 is 0 Å². The lowest BCUT2D eigenvalue weighted by atomic mass is 10.00. The lowest BCUT2D eigenvalue weighted by molar-refractivity contribution is -0.134. The summed E-state index contributed by atoms with van der Waals surface area (Å²) in [5.41, 5.74) is 3.29. The SMILES string of the molecule is CCN(Cc1cccc(Br)c1)C(=O)C1NCCc2c1cnn2C. The van der Waals surface area contributed by atoms with E-state index in [0.29, 0.717) is 13.1 Å². The van der Waals surface area contributed by atoms with Gasteiger partial charge in [0.15, 0.2) is 0 Å². The van der Waals surface area contributed by atoms with Crippen LogP contribution in [0.3, 0.4) is 0 Å². The molecular weight excluding hydrogens is 356 g/mol. The van der Waals surface area contributed by atoms with Crippen molar-refractivity contribution >= 4 is 21.8 Å². The van der Waals surface area contributed by atoms with Gasteiger partial charge in [-0.15, -0.1) is 0 Å².